The van der Waals surface area contributed by atoms with Gasteiger partial charge in [0.05, 0.1) is 0 Å². The van der Waals surface area contributed by atoms with Crippen LogP contribution < -0.4 is 10.2 Å². The minimum atomic E-state index is 0.253. The zero-order valence-corrected chi connectivity index (χ0v) is 12.0. The van der Waals surface area contributed by atoms with Gasteiger partial charge in [-0.25, -0.2) is 0 Å². The van der Waals surface area contributed by atoms with Crippen molar-refractivity contribution in [1.29, 1.82) is 0 Å². The average molecular weight is 260 g/mol. The Bertz CT molecular complexity index is 411. The molecule has 0 spiro atoms. The predicted molar refractivity (Wildman–Crippen MR) is 79.2 cm³/mol. The Hall–Kier alpha value is -1.35. The van der Waals surface area contributed by atoms with E-state index in [4.69, 9.17) is 0 Å². The first-order valence-electron chi connectivity index (χ1n) is 7.27. The molecule has 0 saturated carbocycles. The maximum Gasteiger partial charge on any atom is 0.227 e. The van der Waals surface area contributed by atoms with E-state index in [9.17, 15) is 4.79 Å². The normalized spacial score (nSPS) is 15.5. The number of nitrogens with zero attached hydrogens (tertiary/aromatic N) is 1. The van der Waals surface area contributed by atoms with Crippen molar-refractivity contribution in [3.8, 4) is 0 Å². The monoisotopic (exact) mass is 260 g/mol. The number of hydrogen-bond acceptors (Lipinski definition) is 2. The van der Waals surface area contributed by atoms with Crippen LogP contribution in [-0.4, -0.2) is 19.0 Å². The van der Waals surface area contributed by atoms with Crippen molar-refractivity contribution in [2.75, 3.05) is 18.0 Å². The van der Waals surface area contributed by atoms with Crippen molar-refractivity contribution in [2.24, 2.45) is 5.92 Å². The summed E-state index contributed by atoms with van der Waals surface area (Å²) in [6.07, 6.45) is 2.89. The Labute approximate surface area is 116 Å². The Morgan fingerprint density at radius 1 is 1.26 bits per heavy atom. The average Bonchev–Trinajstić information content (AvgIpc) is 2.81. The van der Waals surface area contributed by atoms with E-state index in [-0.39, 0.29) is 5.91 Å². The zero-order valence-electron chi connectivity index (χ0n) is 12.0. The zero-order chi connectivity index (χ0) is 13.7. The lowest BCUT2D eigenvalue weighted by atomic mass is 10.1. The molecule has 0 unspecified atom stereocenters. The molecule has 19 heavy (non-hydrogen) atoms. The quantitative estimate of drug-likeness (QED) is 0.798. The third kappa shape index (κ3) is 4.06. The highest BCUT2D eigenvalue weighted by molar-refractivity contribution is 5.95. The third-order valence-electron chi connectivity index (χ3n) is 3.55. The van der Waals surface area contributed by atoms with Gasteiger partial charge in [-0.15, -0.1) is 0 Å². The molecular formula is C16H24N2O. The van der Waals surface area contributed by atoms with Gasteiger partial charge in [-0.2, -0.15) is 0 Å². The van der Waals surface area contributed by atoms with Crippen LogP contribution in [-0.2, 0) is 11.3 Å². The van der Waals surface area contributed by atoms with Crippen molar-refractivity contribution in [2.45, 2.75) is 39.7 Å². The Balaban J connectivity index is 1.83. The number of anilines is 1. The molecule has 2 rings (SSSR count). The molecule has 1 fully saturated rings. The van der Waals surface area contributed by atoms with Crippen LogP contribution in [0, 0.1) is 5.92 Å². The standard InChI is InChI=1S/C16H24N2O/c1-13(2)9-10-17-12-14-5-7-15(8-6-14)18-11-3-4-16(18)19/h5-8,13,17H,3-4,9-12H2,1-2H3. The lowest BCUT2D eigenvalue weighted by molar-refractivity contribution is -0.117. The van der Waals surface area contributed by atoms with Crippen LogP contribution in [0.5, 0.6) is 0 Å². The molecule has 1 heterocycles. The number of benzene rings is 1. The van der Waals surface area contributed by atoms with Crippen molar-refractivity contribution in [3.05, 3.63) is 29.8 Å². The molecule has 3 heteroatoms. The molecular weight excluding hydrogens is 236 g/mol. The van der Waals surface area contributed by atoms with E-state index in [0.29, 0.717) is 6.42 Å². The van der Waals surface area contributed by atoms with Crippen LogP contribution >= 0.6 is 0 Å². The molecule has 0 atom stereocenters. The fourth-order valence-electron chi connectivity index (χ4n) is 2.34. The largest absolute Gasteiger partial charge is 0.313 e. The molecule has 1 aromatic carbocycles. The summed E-state index contributed by atoms with van der Waals surface area (Å²) in [6.45, 7) is 7.31. The second-order valence-electron chi connectivity index (χ2n) is 5.67. The molecule has 0 bridgehead atoms. The maximum absolute atomic E-state index is 11.6. The summed E-state index contributed by atoms with van der Waals surface area (Å²) in [4.78, 5) is 13.5. The van der Waals surface area contributed by atoms with E-state index in [2.05, 4.69) is 43.4 Å². The molecule has 0 aliphatic carbocycles. The Kier molecular flexibility index (Phi) is 4.97. The van der Waals surface area contributed by atoms with Crippen molar-refractivity contribution < 1.29 is 4.79 Å². The molecule has 3 nitrogen and oxygen atoms in total. The minimum Gasteiger partial charge on any atom is -0.313 e. The highest BCUT2D eigenvalue weighted by atomic mass is 16.2. The van der Waals surface area contributed by atoms with E-state index in [1.165, 1.54) is 12.0 Å². The van der Waals surface area contributed by atoms with Gasteiger partial charge in [0.2, 0.25) is 5.91 Å². The number of nitrogens with one attached hydrogen (secondary N) is 1. The van der Waals surface area contributed by atoms with Crippen LogP contribution in [0.25, 0.3) is 0 Å². The lowest BCUT2D eigenvalue weighted by Gasteiger charge is -2.16. The third-order valence-corrected chi connectivity index (χ3v) is 3.55. The fraction of sp³-hybridized carbons (Fsp3) is 0.562. The molecule has 1 aliphatic heterocycles. The molecule has 1 aromatic rings. The van der Waals surface area contributed by atoms with E-state index in [1.54, 1.807) is 0 Å². The summed E-state index contributed by atoms with van der Waals surface area (Å²) in [5.41, 5.74) is 2.31. The van der Waals surface area contributed by atoms with Gasteiger partial charge in [0.15, 0.2) is 0 Å². The van der Waals surface area contributed by atoms with Crippen molar-refractivity contribution in [1.82, 2.24) is 5.32 Å². The van der Waals surface area contributed by atoms with Crippen LogP contribution in [0.3, 0.4) is 0 Å². The van der Waals surface area contributed by atoms with Gasteiger partial charge in [0, 0.05) is 25.2 Å². The van der Waals surface area contributed by atoms with Gasteiger partial charge < -0.3 is 10.2 Å². The molecule has 0 aromatic heterocycles. The first-order chi connectivity index (χ1) is 9.16. The SMILES string of the molecule is CC(C)CCNCc1ccc(N2CCCC2=O)cc1. The van der Waals surface area contributed by atoms with Gasteiger partial charge >= 0.3 is 0 Å². The first kappa shape index (κ1) is 14.1. The minimum absolute atomic E-state index is 0.253. The summed E-state index contributed by atoms with van der Waals surface area (Å²) in [6, 6.07) is 8.35. The summed E-state index contributed by atoms with van der Waals surface area (Å²) in [5.74, 6) is 0.999. The second kappa shape index (κ2) is 6.71. The highest BCUT2D eigenvalue weighted by Crippen LogP contribution is 2.21. The van der Waals surface area contributed by atoms with Crippen molar-refractivity contribution in [3.63, 3.8) is 0 Å². The van der Waals surface area contributed by atoms with Gasteiger partial charge in [-0.05, 0) is 43.0 Å². The number of carbonyl (C=O) groups excluding carboxylic acids is 1. The maximum atomic E-state index is 11.6. The lowest BCUT2D eigenvalue weighted by Crippen LogP contribution is -2.23. The van der Waals surface area contributed by atoms with E-state index in [1.807, 2.05) is 4.90 Å². The predicted octanol–water partition coefficient (Wildman–Crippen LogP) is 2.95. The molecule has 1 saturated heterocycles. The summed E-state index contributed by atoms with van der Waals surface area (Å²) < 4.78 is 0. The topological polar surface area (TPSA) is 32.3 Å². The second-order valence-corrected chi connectivity index (χ2v) is 5.67. The highest BCUT2D eigenvalue weighted by Gasteiger charge is 2.21. The van der Waals surface area contributed by atoms with Crippen LogP contribution in [0.2, 0.25) is 0 Å². The smallest absolute Gasteiger partial charge is 0.227 e. The Morgan fingerprint density at radius 3 is 2.58 bits per heavy atom. The molecule has 1 amide bonds. The van der Waals surface area contributed by atoms with Gasteiger partial charge in [0.25, 0.3) is 0 Å². The van der Waals surface area contributed by atoms with Gasteiger partial charge in [-0.1, -0.05) is 26.0 Å². The van der Waals surface area contributed by atoms with Crippen LogP contribution in [0.4, 0.5) is 5.69 Å². The number of amides is 1. The van der Waals surface area contributed by atoms with E-state index in [0.717, 1.165) is 37.7 Å². The molecule has 0 radical (unpaired) electrons. The van der Waals surface area contributed by atoms with E-state index < -0.39 is 0 Å². The van der Waals surface area contributed by atoms with Crippen LogP contribution in [0.1, 0.15) is 38.7 Å². The number of rotatable bonds is 6. The molecule has 1 N–H and O–H groups in total. The van der Waals surface area contributed by atoms with E-state index >= 15 is 0 Å². The van der Waals surface area contributed by atoms with Gasteiger partial charge in [0.1, 0.15) is 0 Å². The molecule has 1 aliphatic rings. The Morgan fingerprint density at radius 2 is 2.00 bits per heavy atom. The summed E-state index contributed by atoms with van der Waals surface area (Å²) in [5, 5.41) is 3.45. The number of hydrogen-bond donors (Lipinski definition) is 1. The van der Waals surface area contributed by atoms with Gasteiger partial charge in [-0.3, -0.25) is 4.79 Å². The summed E-state index contributed by atoms with van der Waals surface area (Å²) in [7, 11) is 0. The fourth-order valence-corrected chi connectivity index (χ4v) is 2.34. The summed E-state index contributed by atoms with van der Waals surface area (Å²) >= 11 is 0. The number of carbonyl (C=O) groups is 1. The van der Waals surface area contributed by atoms with Crippen molar-refractivity contribution >= 4 is 11.6 Å². The first-order valence-corrected chi connectivity index (χ1v) is 7.27. The molecule has 104 valence electrons. The van der Waals surface area contributed by atoms with Crippen LogP contribution in [0.15, 0.2) is 24.3 Å².